The van der Waals surface area contributed by atoms with Crippen LogP contribution in [0, 0.1) is 0 Å². The summed E-state index contributed by atoms with van der Waals surface area (Å²) in [5.41, 5.74) is 6.45. The monoisotopic (exact) mass is 604 g/mol. The highest BCUT2D eigenvalue weighted by Gasteiger charge is 2.21. The second-order valence-electron chi connectivity index (χ2n) is 10.8. The fourth-order valence-corrected chi connectivity index (χ4v) is 5.76. The average Bonchev–Trinajstić information content (AvgIpc) is 3.83. The molecule has 0 atom stereocenters. The fourth-order valence-electron chi connectivity index (χ4n) is 5.76. The molecule has 4 aromatic carbocycles. The molecule has 0 spiro atoms. The van der Waals surface area contributed by atoms with Gasteiger partial charge in [0.05, 0.1) is 13.2 Å². The molecular weight excluding hydrogens is 576 g/mol. The molecule has 2 aliphatic rings. The van der Waals surface area contributed by atoms with Crippen molar-refractivity contribution in [2.24, 2.45) is 0 Å². The van der Waals surface area contributed by atoms with Crippen molar-refractivity contribution in [1.82, 2.24) is 39.9 Å². The lowest BCUT2D eigenvalue weighted by Crippen LogP contribution is -1.96. The van der Waals surface area contributed by atoms with Gasteiger partial charge in [0, 0.05) is 58.0 Å². The quantitative estimate of drug-likeness (QED) is 0.204. The fraction of sp³-hybridized carbons (Fsp3) is 0.111. The molecule has 0 saturated heterocycles. The van der Waals surface area contributed by atoms with Crippen LogP contribution in [0.2, 0.25) is 0 Å². The first-order valence-corrected chi connectivity index (χ1v) is 14.9. The smallest absolute Gasteiger partial charge is 0.164 e. The zero-order valence-electron chi connectivity index (χ0n) is 25.2. The number of methoxy groups -OCH3 is 2. The number of aromatic amines is 2. The van der Waals surface area contributed by atoms with Gasteiger partial charge in [-0.25, -0.2) is 29.9 Å². The SMILES string of the molecule is COCCOC.c1ccc2c(c1)-c1nc-2nc2[nH]c(nc3nc(nc4[nH]c(n1)c1ccccc41)-c1ccccc1-3)c1ccccc21. The highest BCUT2D eigenvalue weighted by molar-refractivity contribution is 6.06. The topological polar surface area (TPSA) is 127 Å². The zero-order valence-corrected chi connectivity index (χ0v) is 25.2. The van der Waals surface area contributed by atoms with E-state index in [-0.39, 0.29) is 0 Å². The van der Waals surface area contributed by atoms with Gasteiger partial charge in [-0.2, -0.15) is 0 Å². The molecule has 0 aliphatic carbocycles. The van der Waals surface area contributed by atoms with Gasteiger partial charge in [0.2, 0.25) is 0 Å². The molecule has 10 nitrogen and oxygen atoms in total. The molecule has 224 valence electrons. The lowest BCUT2D eigenvalue weighted by Gasteiger charge is -1.96. The number of nitrogens with one attached hydrogen (secondary N) is 2. The highest BCUT2D eigenvalue weighted by atomic mass is 16.5. The number of aromatic nitrogens is 8. The number of hydrogen-bond donors (Lipinski definition) is 2. The number of hydrogen-bond acceptors (Lipinski definition) is 8. The van der Waals surface area contributed by atoms with E-state index in [1.807, 2.05) is 97.1 Å². The van der Waals surface area contributed by atoms with Crippen LogP contribution in [0.1, 0.15) is 0 Å². The Morgan fingerprint density at radius 3 is 0.913 bits per heavy atom. The Labute approximate surface area is 263 Å². The maximum Gasteiger partial charge on any atom is 0.164 e. The maximum atomic E-state index is 5.02. The third-order valence-electron chi connectivity index (χ3n) is 7.95. The molecule has 46 heavy (non-hydrogen) atoms. The van der Waals surface area contributed by atoms with E-state index in [4.69, 9.17) is 29.9 Å². The third kappa shape index (κ3) is 4.76. The molecule has 0 radical (unpaired) electrons. The minimum Gasteiger partial charge on any atom is -0.382 e. The van der Waals surface area contributed by atoms with Crippen molar-refractivity contribution in [2.75, 3.05) is 27.4 Å². The van der Waals surface area contributed by atoms with E-state index in [9.17, 15) is 0 Å². The van der Waals surface area contributed by atoms with Crippen molar-refractivity contribution < 1.29 is 9.47 Å². The number of ether oxygens (including phenoxy) is 2. The van der Waals surface area contributed by atoms with Gasteiger partial charge in [0.15, 0.2) is 23.3 Å². The van der Waals surface area contributed by atoms with Gasteiger partial charge < -0.3 is 19.4 Å². The van der Waals surface area contributed by atoms with Crippen LogP contribution in [0.15, 0.2) is 97.1 Å². The van der Waals surface area contributed by atoms with Gasteiger partial charge in [-0.1, -0.05) is 97.1 Å². The molecule has 2 N–H and O–H groups in total. The molecule has 9 rings (SSSR count). The summed E-state index contributed by atoms with van der Waals surface area (Å²) in [5.74, 6) is 2.39. The number of rotatable bonds is 3. The summed E-state index contributed by atoms with van der Waals surface area (Å²) in [5, 5.41) is 3.82. The summed E-state index contributed by atoms with van der Waals surface area (Å²) < 4.78 is 9.31. The lowest BCUT2D eigenvalue weighted by atomic mass is 10.1. The van der Waals surface area contributed by atoms with E-state index >= 15 is 0 Å². The highest BCUT2D eigenvalue weighted by Crippen LogP contribution is 2.36. The van der Waals surface area contributed by atoms with Crippen molar-refractivity contribution in [3.8, 4) is 45.6 Å². The molecule has 0 saturated carbocycles. The summed E-state index contributed by atoms with van der Waals surface area (Å²) in [7, 11) is 3.30. The molecule has 3 aromatic heterocycles. The Balaban J connectivity index is 0.000000478. The summed E-state index contributed by atoms with van der Waals surface area (Å²) in [6.07, 6.45) is 0. The molecular formula is C36H28N8O2. The molecule has 0 amide bonds. The molecule has 10 heteroatoms. The van der Waals surface area contributed by atoms with Crippen LogP contribution in [0.4, 0.5) is 0 Å². The Hall–Kier alpha value is -5.84. The van der Waals surface area contributed by atoms with Crippen LogP contribution >= 0.6 is 0 Å². The van der Waals surface area contributed by atoms with Gasteiger partial charge in [-0.3, -0.25) is 0 Å². The number of H-pyrrole nitrogens is 2. The summed E-state index contributed by atoms with van der Waals surface area (Å²) in [4.78, 5) is 36.8. The second kappa shape index (κ2) is 11.6. The first-order valence-electron chi connectivity index (χ1n) is 14.9. The van der Waals surface area contributed by atoms with E-state index in [1.54, 1.807) is 14.2 Å². The molecule has 2 aliphatic heterocycles. The molecule has 5 heterocycles. The van der Waals surface area contributed by atoms with Crippen molar-refractivity contribution in [2.45, 2.75) is 0 Å². The molecule has 8 bridgehead atoms. The van der Waals surface area contributed by atoms with Crippen LogP contribution in [-0.4, -0.2) is 67.3 Å². The van der Waals surface area contributed by atoms with Crippen LogP contribution in [0.25, 0.3) is 89.7 Å². The van der Waals surface area contributed by atoms with Crippen LogP contribution in [-0.2, 0) is 9.47 Å². The van der Waals surface area contributed by atoms with E-state index in [2.05, 4.69) is 19.4 Å². The average molecular weight is 605 g/mol. The van der Waals surface area contributed by atoms with Gasteiger partial charge in [-0.15, -0.1) is 0 Å². The van der Waals surface area contributed by atoms with Crippen LogP contribution in [0.5, 0.6) is 0 Å². The summed E-state index contributed by atoms with van der Waals surface area (Å²) in [6, 6.07) is 32.2. The third-order valence-corrected chi connectivity index (χ3v) is 7.95. The predicted molar refractivity (Wildman–Crippen MR) is 180 cm³/mol. The van der Waals surface area contributed by atoms with E-state index < -0.39 is 0 Å². The van der Waals surface area contributed by atoms with Gasteiger partial charge in [0.25, 0.3) is 0 Å². The number of fused-ring (bicyclic) bond motifs is 20. The number of benzene rings is 4. The predicted octanol–water partition coefficient (Wildman–Crippen LogP) is 7.15. The normalized spacial score (nSPS) is 11.6. The van der Waals surface area contributed by atoms with Gasteiger partial charge in [-0.05, 0) is 0 Å². The Morgan fingerprint density at radius 1 is 0.391 bits per heavy atom. The lowest BCUT2D eigenvalue weighted by molar-refractivity contribution is 0.103. The van der Waals surface area contributed by atoms with Crippen molar-refractivity contribution in [3.05, 3.63) is 97.1 Å². The van der Waals surface area contributed by atoms with Crippen LogP contribution in [0.3, 0.4) is 0 Å². The standard InChI is InChI=1S/C32H18N8.C4H10O2/c1-2-10-18-17(9-1)25-33-26(18)38-28-21-13-5-6-14-22(21)30(35-28)40-32-24-16-8-7-15-23(24)31(36-32)39-29-20-12-4-3-11-19(20)27(34-29)37-25;1-5-3-4-6-2/h1-16H,(H2,33,34,35,36,37,38,39,40);3-4H2,1-2H3. The minimum absolute atomic E-state index is 0.597. The van der Waals surface area contributed by atoms with E-state index in [1.165, 1.54) is 0 Å². The second-order valence-corrected chi connectivity index (χ2v) is 10.8. The number of nitrogens with zero attached hydrogens (tertiary/aromatic N) is 6. The minimum atomic E-state index is 0.597. The molecule has 0 fully saturated rings. The van der Waals surface area contributed by atoms with Crippen LogP contribution < -0.4 is 0 Å². The maximum absolute atomic E-state index is 5.02. The van der Waals surface area contributed by atoms with Crippen molar-refractivity contribution >= 4 is 44.1 Å². The van der Waals surface area contributed by atoms with E-state index in [0.717, 1.165) is 43.8 Å². The van der Waals surface area contributed by atoms with Crippen molar-refractivity contribution in [1.29, 1.82) is 0 Å². The Kier molecular flexibility index (Phi) is 6.97. The summed E-state index contributed by atoms with van der Waals surface area (Å²) >= 11 is 0. The largest absolute Gasteiger partial charge is 0.382 e. The summed E-state index contributed by atoms with van der Waals surface area (Å²) in [6.45, 7) is 1.38. The zero-order chi connectivity index (χ0) is 31.0. The van der Waals surface area contributed by atoms with Gasteiger partial charge in [0.1, 0.15) is 22.6 Å². The van der Waals surface area contributed by atoms with Gasteiger partial charge >= 0.3 is 0 Å². The Morgan fingerprint density at radius 2 is 0.652 bits per heavy atom. The first kappa shape index (κ1) is 27.7. The van der Waals surface area contributed by atoms with Crippen molar-refractivity contribution in [3.63, 3.8) is 0 Å². The Bertz CT molecular complexity index is 2110. The molecule has 0 unspecified atom stereocenters. The van der Waals surface area contributed by atoms with E-state index in [0.29, 0.717) is 59.1 Å². The first-order chi connectivity index (χ1) is 22.7. The molecule has 7 aromatic rings.